The van der Waals surface area contributed by atoms with Crippen LogP contribution in [-0.4, -0.2) is 39.2 Å². The molecule has 0 bridgehead atoms. The molecule has 0 rings (SSSR count). The van der Waals surface area contributed by atoms with E-state index in [-0.39, 0.29) is 5.75 Å². The second kappa shape index (κ2) is 6.34. The van der Waals surface area contributed by atoms with Crippen molar-refractivity contribution in [1.82, 2.24) is 4.90 Å². The third-order valence-corrected chi connectivity index (χ3v) is 2.72. The van der Waals surface area contributed by atoms with Crippen LogP contribution < -0.4 is 5.14 Å². The third kappa shape index (κ3) is 9.79. The SMILES string of the molecule is CCCCN(C)CCCS(N)(=O)=O. The zero-order chi connectivity index (χ0) is 10.3. The number of sulfonamides is 1. The molecule has 0 aliphatic heterocycles. The molecule has 5 heteroatoms. The summed E-state index contributed by atoms with van der Waals surface area (Å²) >= 11 is 0. The molecule has 0 heterocycles. The van der Waals surface area contributed by atoms with E-state index < -0.39 is 10.0 Å². The Labute approximate surface area is 81.2 Å². The Balaban J connectivity index is 3.42. The van der Waals surface area contributed by atoms with Crippen LogP contribution in [0.2, 0.25) is 0 Å². The summed E-state index contributed by atoms with van der Waals surface area (Å²) in [6, 6.07) is 0. The highest BCUT2D eigenvalue weighted by Crippen LogP contribution is 1.94. The van der Waals surface area contributed by atoms with E-state index in [1.165, 1.54) is 6.42 Å². The molecule has 0 aromatic rings. The molecule has 0 saturated heterocycles. The standard InChI is InChI=1S/C8H20N2O2S/c1-3-4-6-10(2)7-5-8-13(9,11)12/h3-8H2,1-2H3,(H2,9,11,12). The van der Waals surface area contributed by atoms with Gasteiger partial charge in [0.15, 0.2) is 0 Å². The van der Waals surface area contributed by atoms with Crippen molar-refractivity contribution in [1.29, 1.82) is 0 Å². The number of primary sulfonamides is 1. The van der Waals surface area contributed by atoms with Crippen LogP contribution in [0.5, 0.6) is 0 Å². The molecule has 80 valence electrons. The molecule has 0 spiro atoms. The minimum Gasteiger partial charge on any atom is -0.306 e. The van der Waals surface area contributed by atoms with Crippen molar-refractivity contribution in [2.75, 3.05) is 25.9 Å². The molecule has 0 aromatic carbocycles. The number of nitrogens with zero attached hydrogens (tertiary/aromatic N) is 1. The second-order valence-electron chi connectivity index (χ2n) is 3.38. The fourth-order valence-corrected chi connectivity index (χ4v) is 1.61. The molecule has 0 unspecified atom stereocenters. The van der Waals surface area contributed by atoms with E-state index in [1.54, 1.807) is 0 Å². The highest BCUT2D eigenvalue weighted by Gasteiger charge is 2.03. The fraction of sp³-hybridized carbons (Fsp3) is 1.00. The minimum absolute atomic E-state index is 0.0868. The second-order valence-corrected chi connectivity index (χ2v) is 5.11. The van der Waals surface area contributed by atoms with Crippen molar-refractivity contribution in [3.8, 4) is 0 Å². The maximum absolute atomic E-state index is 10.6. The van der Waals surface area contributed by atoms with Crippen LogP contribution in [-0.2, 0) is 10.0 Å². The average Bonchev–Trinajstić information content (AvgIpc) is 1.98. The molecule has 0 aliphatic carbocycles. The highest BCUT2D eigenvalue weighted by molar-refractivity contribution is 7.89. The lowest BCUT2D eigenvalue weighted by Crippen LogP contribution is -2.24. The van der Waals surface area contributed by atoms with Gasteiger partial charge in [0, 0.05) is 0 Å². The largest absolute Gasteiger partial charge is 0.306 e. The van der Waals surface area contributed by atoms with Crippen LogP contribution in [0.4, 0.5) is 0 Å². The minimum atomic E-state index is -3.27. The maximum atomic E-state index is 10.6. The summed E-state index contributed by atoms with van der Waals surface area (Å²) in [5, 5.41) is 4.88. The molecule has 0 saturated carbocycles. The molecule has 0 fully saturated rings. The van der Waals surface area contributed by atoms with Crippen molar-refractivity contribution in [2.24, 2.45) is 5.14 Å². The van der Waals surface area contributed by atoms with Gasteiger partial charge < -0.3 is 4.90 Å². The molecular weight excluding hydrogens is 188 g/mol. The zero-order valence-corrected chi connectivity index (χ0v) is 9.31. The summed E-state index contributed by atoms with van der Waals surface area (Å²) in [5.74, 6) is 0.0868. The lowest BCUT2D eigenvalue weighted by molar-refractivity contribution is 0.329. The lowest BCUT2D eigenvalue weighted by Gasteiger charge is -2.15. The van der Waals surface area contributed by atoms with Gasteiger partial charge in [-0.2, -0.15) is 0 Å². The first-order valence-electron chi connectivity index (χ1n) is 4.64. The first-order chi connectivity index (χ1) is 5.95. The third-order valence-electron chi connectivity index (χ3n) is 1.86. The number of unbranched alkanes of at least 4 members (excludes halogenated alkanes) is 1. The average molecular weight is 208 g/mol. The van der Waals surface area contributed by atoms with Gasteiger partial charge in [-0.05, 0) is 33.0 Å². The number of nitrogens with two attached hydrogens (primary N) is 1. The molecule has 0 atom stereocenters. The van der Waals surface area contributed by atoms with E-state index in [4.69, 9.17) is 5.14 Å². The van der Waals surface area contributed by atoms with Crippen molar-refractivity contribution < 1.29 is 8.42 Å². The molecule has 4 nitrogen and oxygen atoms in total. The van der Waals surface area contributed by atoms with Gasteiger partial charge in [-0.1, -0.05) is 13.3 Å². The first-order valence-corrected chi connectivity index (χ1v) is 6.36. The first kappa shape index (κ1) is 12.9. The van der Waals surface area contributed by atoms with Gasteiger partial charge in [-0.15, -0.1) is 0 Å². The van der Waals surface area contributed by atoms with E-state index in [2.05, 4.69) is 11.8 Å². The lowest BCUT2D eigenvalue weighted by atomic mass is 10.3. The molecule has 0 amide bonds. The Morgan fingerprint density at radius 2 is 1.77 bits per heavy atom. The van der Waals surface area contributed by atoms with Gasteiger partial charge in [-0.3, -0.25) is 0 Å². The van der Waals surface area contributed by atoms with Crippen molar-refractivity contribution in [2.45, 2.75) is 26.2 Å². The van der Waals surface area contributed by atoms with Gasteiger partial charge in [0.1, 0.15) is 0 Å². The Hall–Kier alpha value is -0.130. The number of hydrogen-bond donors (Lipinski definition) is 1. The quantitative estimate of drug-likeness (QED) is 0.658. The summed E-state index contributed by atoms with van der Waals surface area (Å²) in [6.45, 7) is 3.97. The summed E-state index contributed by atoms with van der Waals surface area (Å²) in [6.07, 6.45) is 2.95. The van der Waals surface area contributed by atoms with Gasteiger partial charge in [0.25, 0.3) is 0 Å². The fourth-order valence-electron chi connectivity index (χ4n) is 1.08. The normalized spacial score (nSPS) is 12.3. The number of rotatable bonds is 7. The number of hydrogen-bond acceptors (Lipinski definition) is 3. The zero-order valence-electron chi connectivity index (χ0n) is 8.49. The highest BCUT2D eigenvalue weighted by atomic mass is 32.2. The summed E-state index contributed by atoms with van der Waals surface area (Å²) in [7, 11) is -1.27. The topological polar surface area (TPSA) is 63.4 Å². The van der Waals surface area contributed by atoms with Crippen LogP contribution >= 0.6 is 0 Å². The molecule has 2 N–H and O–H groups in total. The summed E-state index contributed by atoms with van der Waals surface area (Å²) < 4.78 is 21.2. The maximum Gasteiger partial charge on any atom is 0.209 e. The van der Waals surface area contributed by atoms with E-state index in [9.17, 15) is 8.42 Å². The van der Waals surface area contributed by atoms with Crippen molar-refractivity contribution >= 4 is 10.0 Å². The summed E-state index contributed by atoms with van der Waals surface area (Å²) in [5.41, 5.74) is 0. The summed E-state index contributed by atoms with van der Waals surface area (Å²) in [4.78, 5) is 2.13. The van der Waals surface area contributed by atoms with E-state index in [0.717, 1.165) is 19.5 Å². The Morgan fingerprint density at radius 3 is 2.23 bits per heavy atom. The van der Waals surface area contributed by atoms with E-state index in [0.29, 0.717) is 6.42 Å². The Morgan fingerprint density at radius 1 is 1.23 bits per heavy atom. The Kier molecular flexibility index (Phi) is 6.28. The monoisotopic (exact) mass is 208 g/mol. The molecule has 0 radical (unpaired) electrons. The predicted octanol–water partition coefficient (Wildman–Crippen LogP) is 0.397. The van der Waals surface area contributed by atoms with E-state index >= 15 is 0 Å². The van der Waals surface area contributed by atoms with Crippen LogP contribution in [0.15, 0.2) is 0 Å². The van der Waals surface area contributed by atoms with Crippen molar-refractivity contribution in [3.63, 3.8) is 0 Å². The van der Waals surface area contributed by atoms with E-state index in [1.807, 2.05) is 7.05 Å². The Bertz CT molecular complexity index is 214. The van der Waals surface area contributed by atoms with Crippen molar-refractivity contribution in [3.05, 3.63) is 0 Å². The van der Waals surface area contributed by atoms with Gasteiger partial charge in [0.05, 0.1) is 5.75 Å². The molecular formula is C8H20N2O2S. The van der Waals surface area contributed by atoms with Crippen LogP contribution in [0.25, 0.3) is 0 Å². The van der Waals surface area contributed by atoms with Gasteiger partial charge in [-0.25, -0.2) is 13.6 Å². The van der Waals surface area contributed by atoms with Gasteiger partial charge in [0.2, 0.25) is 10.0 Å². The predicted molar refractivity (Wildman–Crippen MR) is 55.0 cm³/mol. The van der Waals surface area contributed by atoms with Crippen LogP contribution in [0, 0.1) is 0 Å². The van der Waals surface area contributed by atoms with Gasteiger partial charge >= 0.3 is 0 Å². The smallest absolute Gasteiger partial charge is 0.209 e. The van der Waals surface area contributed by atoms with Crippen LogP contribution in [0.1, 0.15) is 26.2 Å². The molecule has 0 aliphatic rings. The molecule has 0 aromatic heterocycles. The molecule has 13 heavy (non-hydrogen) atoms. The van der Waals surface area contributed by atoms with Crippen LogP contribution in [0.3, 0.4) is 0 Å².